The Balaban J connectivity index is 1.59. The van der Waals surface area contributed by atoms with Crippen LogP contribution < -0.4 is 11.1 Å². The van der Waals surface area contributed by atoms with Crippen LogP contribution in [-0.4, -0.2) is 4.57 Å². The third-order valence-electron chi connectivity index (χ3n) is 10.1. The number of nitrogens with zero attached hydrogens (tertiary/aromatic N) is 1. The number of rotatable bonds is 7. The number of hydrogen-bond acceptors (Lipinski definition) is 2. The molecule has 0 radical (unpaired) electrons. The summed E-state index contributed by atoms with van der Waals surface area (Å²) in [6.07, 6.45) is 3.48. The highest BCUT2D eigenvalue weighted by molar-refractivity contribution is 6.50. The predicted molar refractivity (Wildman–Crippen MR) is 186 cm³/mol. The Bertz CT molecular complexity index is 2420. The lowest BCUT2D eigenvalue weighted by Crippen LogP contribution is -2.30. The van der Waals surface area contributed by atoms with E-state index in [0.717, 1.165) is 69.5 Å². The lowest BCUT2D eigenvalue weighted by Gasteiger charge is -2.15. The average Bonchev–Trinajstić information content (AvgIpc) is 3.56. The van der Waals surface area contributed by atoms with Gasteiger partial charge in [0.2, 0.25) is 0 Å². The van der Waals surface area contributed by atoms with E-state index >= 15 is 0 Å². The van der Waals surface area contributed by atoms with Gasteiger partial charge in [0.05, 0.1) is 10.8 Å². The van der Waals surface area contributed by atoms with Gasteiger partial charge in [0.1, 0.15) is 0 Å². The molecule has 0 aliphatic rings. The SMILES string of the molecule is CCCC(CCC)n1c(=O)c2c3cc(-c4ccccc4)c4ccc5ccc6c(-c7ccccc7)cc(c2c1=O)c1c6c5c4c31. The van der Waals surface area contributed by atoms with Crippen LogP contribution in [0.5, 0.6) is 0 Å². The first-order valence-electron chi connectivity index (χ1n) is 15.9. The molecule has 0 unspecified atom stereocenters. The van der Waals surface area contributed by atoms with E-state index in [2.05, 4.69) is 98.8 Å². The van der Waals surface area contributed by atoms with Crippen LogP contribution in [0.3, 0.4) is 0 Å². The summed E-state index contributed by atoms with van der Waals surface area (Å²) in [5.41, 5.74) is 4.14. The normalized spacial score (nSPS) is 12.6. The first-order valence-corrected chi connectivity index (χ1v) is 15.9. The summed E-state index contributed by atoms with van der Waals surface area (Å²) in [7, 11) is 0. The van der Waals surface area contributed by atoms with E-state index in [1.54, 1.807) is 4.57 Å². The van der Waals surface area contributed by atoms with Crippen LogP contribution in [0, 0.1) is 0 Å². The monoisotopic (exact) mass is 569 g/mol. The van der Waals surface area contributed by atoms with E-state index in [-0.39, 0.29) is 17.2 Å². The van der Waals surface area contributed by atoms with Crippen molar-refractivity contribution < 1.29 is 0 Å². The molecule has 1 heterocycles. The first-order chi connectivity index (χ1) is 21.6. The Kier molecular flexibility index (Phi) is 5.35. The highest BCUT2D eigenvalue weighted by Gasteiger charge is 2.30. The maximum Gasteiger partial charge on any atom is 0.262 e. The van der Waals surface area contributed by atoms with Crippen LogP contribution in [0.1, 0.15) is 45.6 Å². The van der Waals surface area contributed by atoms with Crippen LogP contribution >= 0.6 is 0 Å². The molecule has 0 fully saturated rings. The lowest BCUT2D eigenvalue weighted by atomic mass is 9.89. The molecule has 0 aliphatic heterocycles. The minimum absolute atomic E-state index is 0.101. The van der Waals surface area contributed by atoms with Crippen molar-refractivity contribution in [3.8, 4) is 22.3 Å². The van der Waals surface area contributed by atoms with Crippen molar-refractivity contribution in [1.29, 1.82) is 0 Å². The van der Waals surface area contributed by atoms with Crippen LogP contribution in [0.25, 0.3) is 86.9 Å². The molecule has 8 aromatic carbocycles. The molecule has 212 valence electrons. The number of benzene rings is 7. The summed E-state index contributed by atoms with van der Waals surface area (Å²) >= 11 is 0. The molecule has 9 rings (SSSR count). The van der Waals surface area contributed by atoms with Crippen LogP contribution in [0.4, 0.5) is 0 Å². The molecule has 0 aliphatic carbocycles. The molecule has 0 bridgehead atoms. The van der Waals surface area contributed by atoms with Gasteiger partial charge in [-0.25, -0.2) is 0 Å². The minimum atomic E-state index is -0.137. The van der Waals surface area contributed by atoms with E-state index in [1.165, 1.54) is 32.3 Å². The van der Waals surface area contributed by atoms with Gasteiger partial charge >= 0.3 is 0 Å². The zero-order valence-corrected chi connectivity index (χ0v) is 24.9. The summed E-state index contributed by atoms with van der Waals surface area (Å²) in [4.78, 5) is 29.3. The maximum absolute atomic E-state index is 14.6. The topological polar surface area (TPSA) is 39.1 Å². The van der Waals surface area contributed by atoms with E-state index < -0.39 is 0 Å². The molecule has 0 spiro atoms. The largest absolute Gasteiger partial charge is 0.271 e. The van der Waals surface area contributed by atoms with Gasteiger partial charge in [0.15, 0.2) is 0 Å². The molecule has 9 aromatic rings. The molecule has 0 N–H and O–H groups in total. The molecule has 1 aromatic heterocycles. The minimum Gasteiger partial charge on any atom is -0.271 e. The van der Waals surface area contributed by atoms with Crippen LogP contribution in [-0.2, 0) is 0 Å². The van der Waals surface area contributed by atoms with Gasteiger partial charge in [-0.05, 0) is 101 Å². The molecular formula is C41H31NO2. The third kappa shape index (κ3) is 3.17. The quantitative estimate of drug-likeness (QED) is 0.179. The van der Waals surface area contributed by atoms with Gasteiger partial charge in [-0.2, -0.15) is 0 Å². The van der Waals surface area contributed by atoms with Crippen molar-refractivity contribution >= 4 is 64.6 Å². The molecule has 3 nitrogen and oxygen atoms in total. The molecule has 0 amide bonds. The molecule has 0 atom stereocenters. The van der Waals surface area contributed by atoms with Gasteiger partial charge < -0.3 is 0 Å². The van der Waals surface area contributed by atoms with E-state index in [1.807, 2.05) is 12.1 Å². The Labute approximate surface area is 254 Å². The van der Waals surface area contributed by atoms with Crippen LogP contribution in [0.15, 0.2) is 107 Å². The van der Waals surface area contributed by atoms with Crippen molar-refractivity contribution in [2.45, 2.75) is 45.6 Å². The summed E-state index contributed by atoms with van der Waals surface area (Å²) in [6, 6.07) is 34.1. The second-order valence-corrected chi connectivity index (χ2v) is 12.5. The smallest absolute Gasteiger partial charge is 0.262 e. The average molecular weight is 570 g/mol. The Morgan fingerprint density at radius 3 is 1.36 bits per heavy atom. The van der Waals surface area contributed by atoms with Gasteiger partial charge in [0.25, 0.3) is 11.1 Å². The van der Waals surface area contributed by atoms with Crippen LogP contribution in [0.2, 0.25) is 0 Å². The van der Waals surface area contributed by atoms with Crippen molar-refractivity contribution in [2.24, 2.45) is 0 Å². The van der Waals surface area contributed by atoms with Crippen molar-refractivity contribution in [3.63, 3.8) is 0 Å². The molecule has 44 heavy (non-hydrogen) atoms. The predicted octanol–water partition coefficient (Wildman–Crippen LogP) is 10.4. The van der Waals surface area contributed by atoms with Gasteiger partial charge in [-0.1, -0.05) is 112 Å². The van der Waals surface area contributed by atoms with Gasteiger partial charge in [0, 0.05) is 6.04 Å². The first kappa shape index (κ1) is 25.5. The number of hydrogen-bond donors (Lipinski definition) is 0. The molecular weight excluding hydrogens is 538 g/mol. The number of aromatic nitrogens is 1. The third-order valence-corrected chi connectivity index (χ3v) is 10.1. The standard InChI is InChI=1S/C41H31NO2/c1-3-11-26(12-4-2)42-40(43)38-31-21-29(23-13-7-5-8-14-23)27-19-17-25-18-20-28-30(24-15-9-6-10-16-24)22-32(39(38)41(42)44)37-35(28)33(25)34(27)36(31)37/h5-10,13-22,26H,3-4,11-12H2,1-2H3. The fourth-order valence-corrected chi connectivity index (χ4v) is 8.32. The molecule has 0 saturated heterocycles. The zero-order valence-electron chi connectivity index (χ0n) is 24.9. The molecule has 0 saturated carbocycles. The Hall–Kier alpha value is -5.02. The fraction of sp³-hybridized carbons (Fsp3) is 0.171. The van der Waals surface area contributed by atoms with E-state index in [4.69, 9.17) is 0 Å². The van der Waals surface area contributed by atoms with Gasteiger partial charge in [-0.3, -0.25) is 14.2 Å². The summed E-state index contributed by atoms with van der Waals surface area (Å²) in [5, 5.41) is 12.4. The van der Waals surface area contributed by atoms with E-state index in [9.17, 15) is 9.59 Å². The fourth-order valence-electron chi connectivity index (χ4n) is 8.32. The highest BCUT2D eigenvalue weighted by atomic mass is 16.2. The number of fused-ring (bicyclic) bond motifs is 3. The summed E-state index contributed by atoms with van der Waals surface area (Å²) in [5.74, 6) is 0. The van der Waals surface area contributed by atoms with Crippen molar-refractivity contribution in [1.82, 2.24) is 4.57 Å². The Morgan fingerprint density at radius 1 is 0.500 bits per heavy atom. The second-order valence-electron chi connectivity index (χ2n) is 12.5. The maximum atomic E-state index is 14.6. The zero-order chi connectivity index (χ0) is 29.7. The highest BCUT2D eigenvalue weighted by Crippen LogP contribution is 2.53. The van der Waals surface area contributed by atoms with E-state index in [0.29, 0.717) is 10.8 Å². The molecule has 3 heteroatoms. The van der Waals surface area contributed by atoms with Crippen molar-refractivity contribution in [3.05, 3.63) is 118 Å². The van der Waals surface area contributed by atoms with Gasteiger partial charge in [-0.15, -0.1) is 0 Å². The van der Waals surface area contributed by atoms with Crippen molar-refractivity contribution in [2.75, 3.05) is 0 Å². The second kappa shape index (κ2) is 9.24. The Morgan fingerprint density at radius 2 is 0.932 bits per heavy atom. The summed E-state index contributed by atoms with van der Waals surface area (Å²) in [6.45, 7) is 4.26. The summed E-state index contributed by atoms with van der Waals surface area (Å²) < 4.78 is 1.61. The lowest BCUT2D eigenvalue weighted by molar-refractivity contribution is 0.413.